The van der Waals surface area contributed by atoms with E-state index in [1.807, 2.05) is 0 Å². The average molecular weight is 118 g/mol. The molecule has 1 aliphatic rings. The molecule has 1 fully saturated rings. The number of carboxylic acid groups (broad SMARTS) is 1. The highest BCUT2D eigenvalue weighted by Gasteiger charge is 2.42. The van der Waals surface area contributed by atoms with E-state index in [9.17, 15) is 9.18 Å². The van der Waals surface area contributed by atoms with Crippen LogP contribution in [0.5, 0.6) is 0 Å². The van der Waals surface area contributed by atoms with E-state index >= 15 is 0 Å². The van der Waals surface area contributed by atoms with E-state index in [2.05, 4.69) is 0 Å². The maximum atomic E-state index is 11.5. The molecule has 0 spiro atoms. The number of alkyl halides is 1. The molecule has 0 unspecified atom stereocenters. The van der Waals surface area contributed by atoms with Crippen molar-refractivity contribution >= 4 is 5.97 Å². The second-order valence-corrected chi connectivity index (χ2v) is 2.09. The van der Waals surface area contributed by atoms with Crippen molar-refractivity contribution in [2.45, 2.75) is 6.42 Å². The molecule has 1 aliphatic carbocycles. The maximum absolute atomic E-state index is 11.5. The molecule has 0 aromatic rings. The van der Waals surface area contributed by atoms with Crippen LogP contribution in [0.2, 0.25) is 0 Å². The predicted octanol–water partition coefficient (Wildman–Crippen LogP) is 0.677. The van der Waals surface area contributed by atoms with Gasteiger partial charge in [0.15, 0.2) is 0 Å². The molecule has 0 aromatic carbocycles. The van der Waals surface area contributed by atoms with Crippen LogP contribution in [0.3, 0.4) is 0 Å². The summed E-state index contributed by atoms with van der Waals surface area (Å²) in [6, 6.07) is 0. The van der Waals surface area contributed by atoms with Gasteiger partial charge in [-0.1, -0.05) is 0 Å². The molecule has 0 bridgehead atoms. The minimum atomic E-state index is -0.854. The third-order valence-corrected chi connectivity index (χ3v) is 1.44. The van der Waals surface area contributed by atoms with Crippen LogP contribution in [0.4, 0.5) is 4.39 Å². The Morgan fingerprint density at radius 3 is 2.62 bits per heavy atom. The molecule has 1 rings (SSSR count). The number of aliphatic carboxylic acids is 1. The van der Waals surface area contributed by atoms with Crippen molar-refractivity contribution in [1.82, 2.24) is 0 Å². The summed E-state index contributed by atoms with van der Waals surface area (Å²) in [6.45, 7) is -0.475. The summed E-state index contributed by atoms with van der Waals surface area (Å²) >= 11 is 0. The summed E-state index contributed by atoms with van der Waals surface area (Å²) in [6.07, 6.45) is 0.534. The van der Waals surface area contributed by atoms with Gasteiger partial charge in [-0.3, -0.25) is 9.18 Å². The van der Waals surface area contributed by atoms with Gasteiger partial charge in [0, 0.05) is 5.92 Å². The Labute approximate surface area is 46.3 Å². The van der Waals surface area contributed by atoms with Crippen LogP contribution in [0.1, 0.15) is 6.42 Å². The standard InChI is InChI=1S/C5H7FO2/c6-2-3-1-4(3)5(7)8/h3-4H,1-2H2,(H,7,8)/t3-,4+/m1/s1. The molecule has 1 saturated carbocycles. The lowest BCUT2D eigenvalue weighted by molar-refractivity contribution is -0.138. The normalized spacial score (nSPS) is 34.6. The first-order chi connectivity index (χ1) is 3.75. The summed E-state index contributed by atoms with van der Waals surface area (Å²) in [5, 5.41) is 8.19. The highest BCUT2D eigenvalue weighted by molar-refractivity contribution is 5.73. The molecule has 0 amide bonds. The Morgan fingerprint density at radius 1 is 1.88 bits per heavy atom. The highest BCUT2D eigenvalue weighted by Crippen LogP contribution is 2.38. The lowest BCUT2D eigenvalue weighted by Crippen LogP contribution is -1.99. The van der Waals surface area contributed by atoms with Gasteiger partial charge in [-0.15, -0.1) is 0 Å². The predicted molar refractivity (Wildman–Crippen MR) is 25.2 cm³/mol. The van der Waals surface area contributed by atoms with Crippen LogP contribution in [-0.2, 0) is 4.79 Å². The number of carboxylic acids is 1. The van der Waals surface area contributed by atoms with Crippen LogP contribution in [-0.4, -0.2) is 17.8 Å². The maximum Gasteiger partial charge on any atom is 0.306 e. The van der Waals surface area contributed by atoms with Gasteiger partial charge < -0.3 is 5.11 Å². The first kappa shape index (κ1) is 5.54. The smallest absolute Gasteiger partial charge is 0.306 e. The number of carbonyl (C=O) groups is 1. The largest absolute Gasteiger partial charge is 0.481 e. The average Bonchev–Trinajstić information content (AvgIpc) is 2.42. The van der Waals surface area contributed by atoms with Crippen molar-refractivity contribution < 1.29 is 14.3 Å². The van der Waals surface area contributed by atoms with Gasteiger partial charge in [0.05, 0.1) is 12.6 Å². The van der Waals surface area contributed by atoms with E-state index in [-0.39, 0.29) is 11.8 Å². The van der Waals surface area contributed by atoms with E-state index in [0.717, 1.165) is 0 Å². The highest BCUT2D eigenvalue weighted by atomic mass is 19.1. The van der Waals surface area contributed by atoms with Gasteiger partial charge in [-0.2, -0.15) is 0 Å². The third kappa shape index (κ3) is 0.804. The Bertz CT molecular complexity index is 113. The summed E-state index contributed by atoms with van der Waals surface area (Å²) in [7, 11) is 0. The van der Waals surface area contributed by atoms with Crippen LogP contribution in [0.25, 0.3) is 0 Å². The van der Waals surface area contributed by atoms with Gasteiger partial charge in [-0.05, 0) is 6.42 Å². The van der Waals surface area contributed by atoms with Gasteiger partial charge in [0.25, 0.3) is 0 Å². The van der Waals surface area contributed by atoms with Crippen molar-refractivity contribution in [3.05, 3.63) is 0 Å². The number of hydrogen-bond acceptors (Lipinski definition) is 1. The zero-order valence-corrected chi connectivity index (χ0v) is 4.30. The molecule has 0 saturated heterocycles. The fourth-order valence-electron chi connectivity index (χ4n) is 0.721. The Balaban J connectivity index is 2.26. The molecular weight excluding hydrogens is 111 g/mol. The Kier molecular flexibility index (Phi) is 1.19. The second kappa shape index (κ2) is 1.73. The molecule has 46 valence electrons. The molecular formula is C5H7FO2. The van der Waals surface area contributed by atoms with E-state index < -0.39 is 12.6 Å². The fourth-order valence-corrected chi connectivity index (χ4v) is 0.721. The van der Waals surface area contributed by atoms with E-state index in [4.69, 9.17) is 5.11 Å². The number of halogens is 1. The van der Waals surface area contributed by atoms with Crippen LogP contribution in [0, 0.1) is 11.8 Å². The molecule has 0 aliphatic heterocycles. The SMILES string of the molecule is O=C(O)[C@H]1C[C@@H]1CF. The number of hydrogen-bond donors (Lipinski definition) is 1. The molecule has 8 heavy (non-hydrogen) atoms. The molecule has 3 heteroatoms. The number of rotatable bonds is 2. The molecule has 0 aromatic heterocycles. The summed E-state index contributed by atoms with van der Waals surface area (Å²) in [4.78, 5) is 9.96. The van der Waals surface area contributed by atoms with E-state index in [1.165, 1.54) is 0 Å². The zero-order chi connectivity index (χ0) is 6.15. The van der Waals surface area contributed by atoms with Gasteiger partial charge in [0.1, 0.15) is 0 Å². The first-order valence-electron chi connectivity index (χ1n) is 2.54. The lowest BCUT2D eigenvalue weighted by Gasteiger charge is -1.83. The third-order valence-electron chi connectivity index (χ3n) is 1.44. The fraction of sp³-hybridized carbons (Fsp3) is 0.800. The second-order valence-electron chi connectivity index (χ2n) is 2.09. The summed E-state index contributed by atoms with van der Waals surface area (Å²) in [5.74, 6) is -1.40. The van der Waals surface area contributed by atoms with Crippen molar-refractivity contribution in [1.29, 1.82) is 0 Å². The van der Waals surface area contributed by atoms with Crippen molar-refractivity contribution in [2.75, 3.05) is 6.67 Å². The molecule has 2 atom stereocenters. The summed E-state index contributed by atoms with van der Waals surface area (Å²) < 4.78 is 11.5. The van der Waals surface area contributed by atoms with Crippen molar-refractivity contribution in [2.24, 2.45) is 11.8 Å². The Hall–Kier alpha value is -0.600. The van der Waals surface area contributed by atoms with Crippen molar-refractivity contribution in [3.63, 3.8) is 0 Å². The zero-order valence-electron chi connectivity index (χ0n) is 4.30. The lowest BCUT2D eigenvalue weighted by atomic mass is 10.3. The van der Waals surface area contributed by atoms with Gasteiger partial charge >= 0.3 is 5.97 Å². The summed E-state index contributed by atoms with van der Waals surface area (Å²) in [5.41, 5.74) is 0. The monoisotopic (exact) mass is 118 g/mol. The molecule has 0 radical (unpaired) electrons. The minimum absolute atomic E-state index is 0.174. The van der Waals surface area contributed by atoms with Crippen molar-refractivity contribution in [3.8, 4) is 0 Å². The van der Waals surface area contributed by atoms with Crippen LogP contribution in [0.15, 0.2) is 0 Å². The van der Waals surface area contributed by atoms with Crippen LogP contribution >= 0.6 is 0 Å². The van der Waals surface area contributed by atoms with Crippen LogP contribution < -0.4 is 0 Å². The van der Waals surface area contributed by atoms with E-state index in [1.54, 1.807) is 0 Å². The quantitative estimate of drug-likeness (QED) is 0.578. The first-order valence-corrected chi connectivity index (χ1v) is 2.54. The van der Waals surface area contributed by atoms with Gasteiger partial charge in [0.2, 0.25) is 0 Å². The minimum Gasteiger partial charge on any atom is -0.481 e. The molecule has 2 nitrogen and oxygen atoms in total. The molecule has 0 heterocycles. The van der Waals surface area contributed by atoms with Gasteiger partial charge in [-0.25, -0.2) is 0 Å². The molecule has 1 N–H and O–H groups in total. The Morgan fingerprint density at radius 2 is 2.50 bits per heavy atom. The van der Waals surface area contributed by atoms with E-state index in [0.29, 0.717) is 6.42 Å². The topological polar surface area (TPSA) is 37.3 Å².